The summed E-state index contributed by atoms with van der Waals surface area (Å²) in [6, 6.07) is 0. The fraction of sp³-hybridized carbons (Fsp3) is 0.657. The highest BCUT2D eigenvalue weighted by Gasteiger charge is 2.72. The summed E-state index contributed by atoms with van der Waals surface area (Å²) in [7, 11) is 0. The van der Waals surface area contributed by atoms with Crippen molar-refractivity contribution in [3.63, 3.8) is 0 Å². The lowest BCUT2D eigenvalue weighted by atomic mass is 9.29. The first kappa shape index (κ1) is 28.2. The zero-order valence-electron chi connectivity index (χ0n) is 25.8. The third-order valence-electron chi connectivity index (χ3n) is 13.1. The molecule has 3 fully saturated rings. The van der Waals surface area contributed by atoms with Crippen LogP contribution in [0, 0.1) is 32.5 Å². The molecule has 0 spiro atoms. The molecule has 0 heterocycles. The molecule has 0 aromatic heterocycles. The lowest BCUT2D eigenvalue weighted by Crippen LogP contribution is -2.67. The predicted octanol–water partition coefficient (Wildman–Crippen LogP) is 7.91. The zero-order valence-corrected chi connectivity index (χ0v) is 25.8. The summed E-state index contributed by atoms with van der Waals surface area (Å²) < 4.78 is 5.99. The van der Waals surface area contributed by atoms with E-state index in [4.69, 9.17) is 10.5 Å². The van der Waals surface area contributed by atoms with E-state index in [2.05, 4.69) is 53.7 Å². The molecule has 4 nitrogen and oxygen atoms in total. The number of primary amides is 1. The van der Waals surface area contributed by atoms with E-state index in [0.717, 1.165) is 61.7 Å². The summed E-state index contributed by atoms with van der Waals surface area (Å²) in [5.74, 6) is 0.307. The maximum atomic E-state index is 13.4. The molecule has 6 atom stereocenters. The lowest BCUT2D eigenvalue weighted by Gasteiger charge is -2.74. The first-order chi connectivity index (χ1) is 18.0. The van der Waals surface area contributed by atoms with E-state index in [1.807, 2.05) is 32.9 Å². The van der Waals surface area contributed by atoms with Crippen molar-refractivity contribution in [2.75, 3.05) is 6.61 Å². The molecule has 0 aromatic carbocycles. The second-order valence-corrected chi connectivity index (χ2v) is 15.1. The Morgan fingerprint density at radius 2 is 1.62 bits per heavy atom. The van der Waals surface area contributed by atoms with Gasteiger partial charge in [-0.05, 0) is 111 Å². The van der Waals surface area contributed by atoms with E-state index in [1.165, 1.54) is 11.1 Å². The summed E-state index contributed by atoms with van der Waals surface area (Å²) in [5, 5.41) is 0. The Balaban J connectivity index is 1.60. The monoisotopic (exact) mass is 531 g/mol. The molecular formula is C35H49NO3. The third kappa shape index (κ3) is 3.55. The van der Waals surface area contributed by atoms with Crippen molar-refractivity contribution in [2.24, 2.45) is 38.2 Å². The van der Waals surface area contributed by atoms with Gasteiger partial charge in [0.2, 0.25) is 11.7 Å². The average Bonchev–Trinajstić information content (AvgIpc) is 2.85. The van der Waals surface area contributed by atoms with Gasteiger partial charge in [-0.1, -0.05) is 64.8 Å². The van der Waals surface area contributed by atoms with E-state index < -0.39 is 5.41 Å². The summed E-state index contributed by atoms with van der Waals surface area (Å²) in [6.45, 7) is 20.9. The van der Waals surface area contributed by atoms with Gasteiger partial charge in [-0.15, -0.1) is 0 Å². The summed E-state index contributed by atoms with van der Waals surface area (Å²) >= 11 is 0. The quantitative estimate of drug-likeness (QED) is 0.375. The molecule has 0 aliphatic heterocycles. The molecule has 212 valence electrons. The van der Waals surface area contributed by atoms with E-state index in [-0.39, 0.29) is 38.8 Å². The van der Waals surface area contributed by atoms with Crippen molar-refractivity contribution in [3.8, 4) is 0 Å². The van der Waals surface area contributed by atoms with Gasteiger partial charge in [0, 0.05) is 16.4 Å². The number of carbonyl (C=O) groups is 2. The molecule has 2 N–H and O–H groups in total. The van der Waals surface area contributed by atoms with Gasteiger partial charge in [0.15, 0.2) is 5.76 Å². The van der Waals surface area contributed by atoms with Gasteiger partial charge < -0.3 is 10.5 Å². The number of rotatable bonds is 4. The number of hydrogen-bond donors (Lipinski definition) is 1. The van der Waals surface area contributed by atoms with Gasteiger partial charge in [-0.3, -0.25) is 9.59 Å². The second-order valence-electron chi connectivity index (χ2n) is 15.1. The molecule has 0 aromatic rings. The highest BCUT2D eigenvalue weighted by molar-refractivity contribution is 6.07. The fourth-order valence-corrected chi connectivity index (χ4v) is 9.76. The van der Waals surface area contributed by atoms with Crippen molar-refractivity contribution in [3.05, 3.63) is 57.9 Å². The molecule has 5 aliphatic rings. The Hall–Kier alpha value is -2.36. The number of amides is 1. The van der Waals surface area contributed by atoms with Crippen LogP contribution in [0.15, 0.2) is 57.9 Å². The van der Waals surface area contributed by atoms with Crippen LogP contribution in [0.1, 0.15) is 107 Å². The zero-order chi connectivity index (χ0) is 28.8. The minimum absolute atomic E-state index is 0.00353. The molecule has 5 aliphatic carbocycles. The standard InChI is InChI=1S/C35H49NO3/c1-22(2)12-19-39-28-23(3)24-10-11-27-32(6,25(24)20-26(28)37)16-18-34(8)33(27,7)17-15-31(5)14-13-30(4,29(36)38)21-35(31,34)9/h10-12,20H,13-19,21H2,1-9H3,(H2,36,38)/t30-,31-,32+,33-,34-,35-/m1/s1. The van der Waals surface area contributed by atoms with Gasteiger partial charge in [-0.25, -0.2) is 0 Å². The van der Waals surface area contributed by atoms with Crippen molar-refractivity contribution in [1.29, 1.82) is 0 Å². The number of allylic oxidation sites excluding steroid dienone is 8. The van der Waals surface area contributed by atoms with Crippen LogP contribution in [0.5, 0.6) is 0 Å². The first-order valence-corrected chi connectivity index (χ1v) is 15.0. The number of ether oxygens (including phenoxy) is 1. The van der Waals surface area contributed by atoms with Gasteiger partial charge in [0.25, 0.3) is 0 Å². The fourth-order valence-electron chi connectivity index (χ4n) is 9.76. The van der Waals surface area contributed by atoms with Gasteiger partial charge in [0.1, 0.15) is 6.61 Å². The largest absolute Gasteiger partial charge is 0.485 e. The van der Waals surface area contributed by atoms with E-state index >= 15 is 0 Å². The first-order valence-electron chi connectivity index (χ1n) is 15.0. The van der Waals surface area contributed by atoms with Crippen LogP contribution in [0.3, 0.4) is 0 Å². The van der Waals surface area contributed by atoms with Crippen LogP contribution in [0.25, 0.3) is 0 Å². The minimum atomic E-state index is -0.466. The van der Waals surface area contributed by atoms with Gasteiger partial charge >= 0.3 is 0 Å². The molecule has 1 amide bonds. The second kappa shape index (κ2) is 8.57. The topological polar surface area (TPSA) is 69.4 Å². The van der Waals surface area contributed by atoms with Crippen LogP contribution in [0.2, 0.25) is 0 Å². The maximum Gasteiger partial charge on any atom is 0.223 e. The van der Waals surface area contributed by atoms with E-state index in [9.17, 15) is 9.59 Å². The van der Waals surface area contributed by atoms with Crippen LogP contribution in [-0.2, 0) is 14.3 Å². The number of hydrogen-bond acceptors (Lipinski definition) is 3. The van der Waals surface area contributed by atoms with Crippen molar-refractivity contribution >= 4 is 11.7 Å². The van der Waals surface area contributed by atoms with Crippen LogP contribution in [-0.4, -0.2) is 18.3 Å². The average molecular weight is 532 g/mol. The molecule has 4 heteroatoms. The molecule has 0 unspecified atom stereocenters. The van der Waals surface area contributed by atoms with Crippen LogP contribution >= 0.6 is 0 Å². The predicted molar refractivity (Wildman–Crippen MR) is 157 cm³/mol. The van der Waals surface area contributed by atoms with Crippen molar-refractivity contribution < 1.29 is 14.3 Å². The van der Waals surface area contributed by atoms with E-state index in [0.29, 0.717) is 12.4 Å². The third-order valence-corrected chi connectivity index (χ3v) is 13.1. The smallest absolute Gasteiger partial charge is 0.223 e. The Kier molecular flexibility index (Phi) is 6.19. The molecule has 3 saturated carbocycles. The van der Waals surface area contributed by atoms with Crippen molar-refractivity contribution in [2.45, 2.75) is 107 Å². The molecule has 0 radical (unpaired) electrons. The summed E-state index contributed by atoms with van der Waals surface area (Å²) in [4.78, 5) is 26.1. The highest BCUT2D eigenvalue weighted by atomic mass is 16.5. The number of carbonyl (C=O) groups excluding carboxylic acids is 2. The lowest BCUT2D eigenvalue weighted by molar-refractivity contribution is -0.223. The van der Waals surface area contributed by atoms with Gasteiger partial charge in [0.05, 0.1) is 0 Å². The Bertz CT molecular complexity index is 1310. The Labute approximate surface area is 235 Å². The highest BCUT2D eigenvalue weighted by Crippen LogP contribution is 2.80. The van der Waals surface area contributed by atoms with E-state index in [1.54, 1.807) is 0 Å². The number of fused-ring (bicyclic) bond motifs is 7. The Morgan fingerprint density at radius 3 is 2.26 bits per heavy atom. The SMILES string of the molecule is CC(C)=CCOC1=C(C)C2=CC=C3[C@@](C)(CC[C@@]4(C)[C@]5(C)C[C@](C)(C(N)=O)CC[C@]5(C)CC[C@]34C)C2=CC1=O. The molecular weight excluding hydrogens is 482 g/mol. The maximum absolute atomic E-state index is 13.4. The summed E-state index contributed by atoms with van der Waals surface area (Å²) in [5.41, 5.74) is 11.4. The molecule has 0 bridgehead atoms. The Morgan fingerprint density at radius 1 is 0.949 bits per heavy atom. The molecule has 0 saturated heterocycles. The molecule has 5 rings (SSSR count). The number of ketones is 1. The number of nitrogens with two attached hydrogens (primary N) is 1. The molecule has 39 heavy (non-hydrogen) atoms. The van der Waals surface area contributed by atoms with Crippen LogP contribution < -0.4 is 5.73 Å². The van der Waals surface area contributed by atoms with Gasteiger partial charge in [-0.2, -0.15) is 0 Å². The normalized spacial score (nSPS) is 43.1. The van der Waals surface area contributed by atoms with Crippen molar-refractivity contribution in [1.82, 2.24) is 0 Å². The summed E-state index contributed by atoms with van der Waals surface area (Å²) in [6.07, 6.45) is 15.6. The van der Waals surface area contributed by atoms with Crippen LogP contribution in [0.4, 0.5) is 0 Å². The minimum Gasteiger partial charge on any atom is -0.485 e.